The number of rotatable bonds is 4. The third kappa shape index (κ3) is 2.83. The monoisotopic (exact) mass is 373 g/mol. The minimum absolute atomic E-state index is 0.106. The van der Waals surface area contributed by atoms with Crippen LogP contribution in [0, 0.1) is 11.3 Å². The largest absolute Gasteiger partial charge is 0.488 e. The third-order valence-electron chi connectivity index (χ3n) is 5.15. The summed E-state index contributed by atoms with van der Waals surface area (Å²) in [6.07, 6.45) is 4.92. The molecule has 0 saturated heterocycles. The van der Waals surface area contributed by atoms with Gasteiger partial charge >= 0.3 is 0 Å². The Labute approximate surface area is 162 Å². The van der Waals surface area contributed by atoms with Gasteiger partial charge in [0.05, 0.1) is 46.8 Å². The summed E-state index contributed by atoms with van der Waals surface area (Å²) < 4.78 is 13.8. The lowest BCUT2D eigenvalue weighted by Gasteiger charge is -2.16. The SMILES string of the molecule is CN1CCC=C1c1ccc(OC[C@@H]2Cn3c(nc4cc(C#N)ccc43)O2)cn1. The predicted molar refractivity (Wildman–Crippen MR) is 104 cm³/mol. The van der Waals surface area contributed by atoms with Crippen LogP contribution in [0.1, 0.15) is 17.7 Å². The van der Waals surface area contributed by atoms with Crippen molar-refractivity contribution in [2.45, 2.75) is 19.1 Å². The molecule has 2 aliphatic heterocycles. The van der Waals surface area contributed by atoms with Crippen LogP contribution in [0.2, 0.25) is 0 Å². The van der Waals surface area contributed by atoms with E-state index < -0.39 is 0 Å². The second-order valence-electron chi connectivity index (χ2n) is 7.05. The van der Waals surface area contributed by atoms with Crippen LogP contribution in [0.25, 0.3) is 16.7 Å². The van der Waals surface area contributed by atoms with E-state index >= 15 is 0 Å². The van der Waals surface area contributed by atoms with Gasteiger partial charge in [-0.05, 0) is 36.8 Å². The maximum atomic E-state index is 9.01. The van der Waals surface area contributed by atoms with Crippen LogP contribution in [0.15, 0.2) is 42.6 Å². The van der Waals surface area contributed by atoms with Gasteiger partial charge < -0.3 is 14.4 Å². The summed E-state index contributed by atoms with van der Waals surface area (Å²) in [6, 6.07) is 12.1. The summed E-state index contributed by atoms with van der Waals surface area (Å²) >= 11 is 0. The fraction of sp³-hybridized carbons (Fsp3) is 0.286. The molecule has 0 fully saturated rings. The van der Waals surface area contributed by atoms with Crippen molar-refractivity contribution in [3.63, 3.8) is 0 Å². The Morgan fingerprint density at radius 1 is 1.32 bits per heavy atom. The molecule has 7 heteroatoms. The molecule has 5 rings (SSSR count). The number of hydrogen-bond acceptors (Lipinski definition) is 6. The fourth-order valence-corrected chi connectivity index (χ4v) is 3.70. The zero-order chi connectivity index (χ0) is 19.1. The summed E-state index contributed by atoms with van der Waals surface area (Å²) in [5, 5.41) is 9.01. The smallest absolute Gasteiger partial charge is 0.297 e. The van der Waals surface area contributed by atoms with Crippen LogP contribution in [0.3, 0.4) is 0 Å². The van der Waals surface area contributed by atoms with Crippen molar-refractivity contribution in [1.29, 1.82) is 5.26 Å². The molecular weight excluding hydrogens is 354 g/mol. The molecule has 7 nitrogen and oxygen atoms in total. The van der Waals surface area contributed by atoms with Gasteiger partial charge in [-0.2, -0.15) is 10.2 Å². The van der Waals surface area contributed by atoms with E-state index in [1.807, 2.05) is 22.8 Å². The molecule has 0 radical (unpaired) electrons. The molecule has 4 heterocycles. The van der Waals surface area contributed by atoms with Crippen LogP contribution < -0.4 is 9.47 Å². The van der Waals surface area contributed by atoms with Crippen LogP contribution in [0.5, 0.6) is 11.8 Å². The molecule has 2 aromatic heterocycles. The average molecular weight is 373 g/mol. The molecule has 0 bridgehead atoms. The summed E-state index contributed by atoms with van der Waals surface area (Å²) in [4.78, 5) is 11.2. The number of nitrogens with zero attached hydrogens (tertiary/aromatic N) is 5. The van der Waals surface area contributed by atoms with Crippen molar-refractivity contribution < 1.29 is 9.47 Å². The molecule has 1 aromatic carbocycles. The van der Waals surface area contributed by atoms with Gasteiger partial charge in [0.25, 0.3) is 6.01 Å². The standard InChI is InChI=1S/C21H19N5O2/c1-25-8-2-3-19(25)17-6-5-15(11-23-17)27-13-16-12-26-20-7-4-14(10-22)9-18(20)24-21(26)28-16/h3-7,9,11,16H,2,8,12-13H2,1H3/t16-/m0/s1. The minimum atomic E-state index is -0.106. The number of pyridine rings is 1. The van der Waals surface area contributed by atoms with E-state index in [0.717, 1.165) is 35.4 Å². The number of aromatic nitrogens is 3. The number of imidazole rings is 1. The predicted octanol–water partition coefficient (Wildman–Crippen LogP) is 2.82. The van der Waals surface area contributed by atoms with Crippen LogP contribution in [-0.4, -0.2) is 45.7 Å². The molecule has 0 unspecified atom stereocenters. The first kappa shape index (κ1) is 16.6. The molecule has 0 amide bonds. The van der Waals surface area contributed by atoms with E-state index in [-0.39, 0.29) is 6.10 Å². The minimum Gasteiger partial charge on any atom is -0.488 e. The van der Waals surface area contributed by atoms with Crippen LogP contribution in [0.4, 0.5) is 0 Å². The molecule has 0 spiro atoms. The van der Waals surface area contributed by atoms with Gasteiger partial charge in [-0.3, -0.25) is 9.55 Å². The molecule has 0 saturated carbocycles. The number of ether oxygens (including phenoxy) is 2. The molecule has 0 aliphatic carbocycles. The van der Waals surface area contributed by atoms with Gasteiger partial charge in [-0.1, -0.05) is 6.08 Å². The lowest BCUT2D eigenvalue weighted by Crippen LogP contribution is -2.23. The zero-order valence-electron chi connectivity index (χ0n) is 15.5. The Bertz CT molecular complexity index is 1110. The third-order valence-corrected chi connectivity index (χ3v) is 5.15. The average Bonchev–Trinajstić information content (AvgIpc) is 3.40. The molecular formula is C21H19N5O2. The van der Waals surface area contributed by atoms with Crippen LogP contribution >= 0.6 is 0 Å². The lowest BCUT2D eigenvalue weighted by atomic mass is 10.2. The van der Waals surface area contributed by atoms with Crippen molar-refractivity contribution in [3.8, 4) is 17.8 Å². The maximum Gasteiger partial charge on any atom is 0.297 e. The first-order chi connectivity index (χ1) is 13.7. The van der Waals surface area contributed by atoms with Gasteiger partial charge in [0.15, 0.2) is 6.10 Å². The summed E-state index contributed by atoms with van der Waals surface area (Å²) in [5.41, 5.74) is 4.48. The van der Waals surface area contributed by atoms with Crippen molar-refractivity contribution in [3.05, 3.63) is 53.9 Å². The second kappa shape index (κ2) is 6.57. The molecule has 140 valence electrons. The molecule has 3 aromatic rings. The highest BCUT2D eigenvalue weighted by atomic mass is 16.6. The Morgan fingerprint density at radius 2 is 2.25 bits per heavy atom. The molecule has 2 aliphatic rings. The van der Waals surface area contributed by atoms with E-state index in [1.54, 1.807) is 18.3 Å². The number of benzene rings is 1. The highest BCUT2D eigenvalue weighted by molar-refractivity contribution is 5.78. The summed E-state index contributed by atoms with van der Waals surface area (Å²) in [5.74, 6) is 0.724. The van der Waals surface area contributed by atoms with E-state index in [2.05, 4.69) is 34.1 Å². The first-order valence-electron chi connectivity index (χ1n) is 9.29. The van der Waals surface area contributed by atoms with Gasteiger partial charge in [0.2, 0.25) is 0 Å². The number of fused-ring (bicyclic) bond motifs is 3. The fourth-order valence-electron chi connectivity index (χ4n) is 3.70. The summed E-state index contributed by atoms with van der Waals surface area (Å²) in [7, 11) is 2.08. The number of nitriles is 1. The number of hydrogen-bond donors (Lipinski definition) is 0. The highest BCUT2D eigenvalue weighted by Gasteiger charge is 2.27. The van der Waals surface area contributed by atoms with E-state index in [9.17, 15) is 0 Å². The Hall–Kier alpha value is -3.53. The summed E-state index contributed by atoms with van der Waals surface area (Å²) in [6.45, 7) is 2.13. The topological polar surface area (TPSA) is 76.2 Å². The van der Waals surface area contributed by atoms with E-state index in [1.165, 1.54) is 5.70 Å². The Balaban J connectivity index is 1.23. The molecule has 0 N–H and O–H groups in total. The quantitative estimate of drug-likeness (QED) is 0.700. The van der Waals surface area contributed by atoms with Gasteiger partial charge in [-0.15, -0.1) is 0 Å². The molecule has 28 heavy (non-hydrogen) atoms. The van der Waals surface area contributed by atoms with E-state index in [0.29, 0.717) is 24.7 Å². The van der Waals surface area contributed by atoms with Crippen molar-refractivity contribution in [2.75, 3.05) is 20.2 Å². The first-order valence-corrected chi connectivity index (χ1v) is 9.29. The zero-order valence-corrected chi connectivity index (χ0v) is 15.5. The lowest BCUT2D eigenvalue weighted by molar-refractivity contribution is 0.143. The van der Waals surface area contributed by atoms with Gasteiger partial charge in [0.1, 0.15) is 12.4 Å². The highest BCUT2D eigenvalue weighted by Crippen LogP contribution is 2.29. The Morgan fingerprint density at radius 3 is 3.00 bits per heavy atom. The van der Waals surface area contributed by atoms with Gasteiger partial charge in [-0.25, -0.2) is 0 Å². The second-order valence-corrected chi connectivity index (χ2v) is 7.05. The van der Waals surface area contributed by atoms with E-state index in [4.69, 9.17) is 14.7 Å². The van der Waals surface area contributed by atoms with Gasteiger partial charge in [0, 0.05) is 13.6 Å². The normalized spacial score (nSPS) is 17.9. The van der Waals surface area contributed by atoms with Crippen molar-refractivity contribution >= 4 is 16.7 Å². The van der Waals surface area contributed by atoms with Crippen LogP contribution in [-0.2, 0) is 6.54 Å². The maximum absolute atomic E-state index is 9.01. The Kier molecular flexibility index (Phi) is 3.90. The molecule has 1 atom stereocenters. The van der Waals surface area contributed by atoms with Crippen molar-refractivity contribution in [2.24, 2.45) is 0 Å². The van der Waals surface area contributed by atoms with Crippen molar-refractivity contribution in [1.82, 2.24) is 19.4 Å².